The van der Waals surface area contributed by atoms with Gasteiger partial charge in [-0.1, -0.05) is 29.0 Å². The number of fused-ring (bicyclic) bond motifs is 1. The van der Waals surface area contributed by atoms with E-state index in [-0.39, 0.29) is 22.8 Å². The van der Waals surface area contributed by atoms with Crippen LogP contribution in [0, 0.1) is 19.8 Å². The molecule has 1 aromatic heterocycles. The van der Waals surface area contributed by atoms with E-state index in [1.165, 1.54) is 16.4 Å². The van der Waals surface area contributed by atoms with E-state index in [1.54, 1.807) is 28.4 Å². The van der Waals surface area contributed by atoms with Crippen molar-refractivity contribution in [2.45, 2.75) is 50.5 Å². The van der Waals surface area contributed by atoms with E-state index < -0.39 is 10.0 Å². The second kappa shape index (κ2) is 10.4. The van der Waals surface area contributed by atoms with Crippen LogP contribution in [0.15, 0.2) is 41.3 Å². The average molecular weight is 548 g/mol. The van der Waals surface area contributed by atoms with Gasteiger partial charge >= 0.3 is 0 Å². The molecule has 36 heavy (non-hydrogen) atoms. The summed E-state index contributed by atoms with van der Waals surface area (Å²) in [4.78, 5) is 20.7. The van der Waals surface area contributed by atoms with E-state index in [4.69, 9.17) is 21.3 Å². The molecule has 3 heterocycles. The number of piperidine rings is 1. The normalized spacial score (nSPS) is 19.7. The predicted octanol–water partition coefficient (Wildman–Crippen LogP) is 5.18. The zero-order valence-corrected chi connectivity index (χ0v) is 22.8. The maximum atomic E-state index is 13.8. The Balaban J connectivity index is 1.35. The van der Waals surface area contributed by atoms with Crippen molar-refractivity contribution >= 4 is 54.2 Å². The van der Waals surface area contributed by atoms with E-state index in [0.717, 1.165) is 34.2 Å². The van der Waals surface area contributed by atoms with E-state index >= 15 is 0 Å². The van der Waals surface area contributed by atoms with Crippen LogP contribution in [0.1, 0.15) is 36.8 Å². The molecular weight excluding hydrogens is 518 g/mol. The lowest BCUT2D eigenvalue weighted by Crippen LogP contribution is -2.46. The Morgan fingerprint density at radius 2 is 1.89 bits per heavy atom. The highest BCUT2D eigenvalue weighted by molar-refractivity contribution is 7.89. The van der Waals surface area contributed by atoms with Crippen LogP contribution in [-0.2, 0) is 19.6 Å². The number of thiazole rings is 1. The smallest absolute Gasteiger partial charge is 0.243 e. The molecule has 2 aromatic carbocycles. The minimum absolute atomic E-state index is 0.00229. The number of halogens is 1. The Hall–Kier alpha value is -2.04. The van der Waals surface area contributed by atoms with Crippen LogP contribution >= 0.6 is 22.9 Å². The first-order chi connectivity index (χ1) is 17.2. The molecule has 0 spiro atoms. The van der Waals surface area contributed by atoms with Crippen molar-refractivity contribution in [2.75, 3.05) is 31.1 Å². The van der Waals surface area contributed by atoms with Gasteiger partial charge in [0.1, 0.15) is 0 Å². The summed E-state index contributed by atoms with van der Waals surface area (Å²) in [6, 6.07) is 10.4. The van der Waals surface area contributed by atoms with Crippen molar-refractivity contribution in [1.29, 1.82) is 0 Å². The van der Waals surface area contributed by atoms with Crippen molar-refractivity contribution in [3.05, 3.63) is 52.5 Å². The van der Waals surface area contributed by atoms with Crippen LogP contribution < -0.4 is 4.90 Å². The molecule has 3 aromatic rings. The highest BCUT2D eigenvalue weighted by Gasteiger charge is 2.36. The van der Waals surface area contributed by atoms with Crippen molar-refractivity contribution in [1.82, 2.24) is 9.29 Å². The third-order valence-corrected chi connectivity index (χ3v) is 10.4. The summed E-state index contributed by atoms with van der Waals surface area (Å²) in [5, 5.41) is 1.18. The summed E-state index contributed by atoms with van der Waals surface area (Å²) >= 11 is 7.46. The molecule has 7 nitrogen and oxygen atoms in total. The topological polar surface area (TPSA) is 79.8 Å². The second-order valence-electron chi connectivity index (χ2n) is 9.64. The van der Waals surface area contributed by atoms with Crippen LogP contribution in [0.2, 0.25) is 5.02 Å². The largest absolute Gasteiger partial charge is 0.376 e. The first kappa shape index (κ1) is 25.6. The zero-order chi connectivity index (χ0) is 25.4. The van der Waals surface area contributed by atoms with Gasteiger partial charge in [-0.25, -0.2) is 13.4 Å². The first-order valence-corrected chi connectivity index (χ1v) is 14.9. The molecule has 0 bridgehead atoms. The monoisotopic (exact) mass is 547 g/mol. The summed E-state index contributed by atoms with van der Waals surface area (Å²) in [7, 11) is -3.63. The maximum Gasteiger partial charge on any atom is 0.243 e. The minimum atomic E-state index is -3.63. The third-order valence-electron chi connectivity index (χ3n) is 6.97. The Kier molecular flexibility index (Phi) is 7.38. The van der Waals surface area contributed by atoms with Crippen molar-refractivity contribution < 1.29 is 17.9 Å². The number of aromatic nitrogens is 1. The van der Waals surface area contributed by atoms with Gasteiger partial charge in [-0.15, -0.1) is 0 Å². The Morgan fingerprint density at radius 3 is 2.56 bits per heavy atom. The molecule has 0 saturated carbocycles. The molecule has 2 saturated heterocycles. The summed E-state index contributed by atoms with van der Waals surface area (Å²) in [6.45, 7) is 5.90. The lowest BCUT2D eigenvalue weighted by Gasteiger charge is -2.33. The molecule has 10 heteroatoms. The molecule has 0 aliphatic carbocycles. The second-order valence-corrected chi connectivity index (χ2v) is 13.0. The van der Waals surface area contributed by atoms with Crippen molar-refractivity contribution in [3.63, 3.8) is 0 Å². The molecular formula is C26H30ClN3O4S2. The minimum Gasteiger partial charge on any atom is -0.376 e. The van der Waals surface area contributed by atoms with E-state index in [0.29, 0.717) is 49.2 Å². The number of nitrogens with zero attached hydrogens (tertiary/aromatic N) is 3. The number of hydrogen-bond acceptors (Lipinski definition) is 6. The highest BCUT2D eigenvalue weighted by atomic mass is 35.5. The zero-order valence-electron chi connectivity index (χ0n) is 20.4. The van der Waals surface area contributed by atoms with Gasteiger partial charge in [-0.3, -0.25) is 9.69 Å². The third kappa shape index (κ3) is 5.17. The number of rotatable bonds is 6. The number of hydrogen-bond donors (Lipinski definition) is 0. The number of sulfonamides is 1. The van der Waals surface area contributed by atoms with Crippen molar-refractivity contribution in [3.8, 4) is 0 Å². The summed E-state index contributed by atoms with van der Waals surface area (Å²) in [5.74, 6) is -0.264. The van der Waals surface area contributed by atoms with Crippen LogP contribution in [0.4, 0.5) is 5.13 Å². The molecule has 2 aliphatic heterocycles. The summed E-state index contributed by atoms with van der Waals surface area (Å²) < 4.78 is 34.6. The molecule has 0 N–H and O–H groups in total. The number of amides is 1. The number of ether oxygens (including phenoxy) is 1. The number of aryl methyl sites for hydroxylation is 2. The lowest BCUT2D eigenvalue weighted by atomic mass is 9.96. The van der Waals surface area contributed by atoms with E-state index in [2.05, 4.69) is 19.1 Å². The summed E-state index contributed by atoms with van der Waals surface area (Å²) in [6.07, 6.45) is 2.85. The fraction of sp³-hybridized carbons (Fsp3) is 0.462. The van der Waals surface area contributed by atoms with Crippen LogP contribution in [0.3, 0.4) is 0 Å². The number of carbonyl (C=O) groups excluding carboxylic acids is 1. The standard InChI is InChI=1S/C26H30ClN3O4S2/c1-17-14-18(2)24-23(15-17)28-26(35-24)30(16-21-4-3-13-34-21)25(31)19-9-11-29(12-10-19)36(32,33)22-7-5-20(27)6-8-22/h5-8,14-15,19,21H,3-4,9-13,16H2,1-2H3. The highest BCUT2D eigenvalue weighted by Crippen LogP contribution is 2.35. The molecule has 2 fully saturated rings. The van der Waals surface area contributed by atoms with E-state index in [1.807, 2.05) is 6.92 Å². The van der Waals surface area contributed by atoms with Gasteiger partial charge in [0.15, 0.2) is 5.13 Å². The quantitative estimate of drug-likeness (QED) is 0.425. The molecule has 192 valence electrons. The SMILES string of the molecule is Cc1cc(C)c2sc(N(CC3CCCO3)C(=O)C3CCN(S(=O)(=O)c4ccc(Cl)cc4)CC3)nc2c1. The molecule has 1 amide bonds. The van der Waals surface area contributed by atoms with Gasteiger partial charge in [-0.2, -0.15) is 4.31 Å². The Bertz CT molecular complexity index is 1360. The average Bonchev–Trinajstić information content (AvgIpc) is 3.52. The van der Waals surface area contributed by atoms with Gasteiger partial charge in [0.2, 0.25) is 15.9 Å². The fourth-order valence-electron chi connectivity index (χ4n) is 5.05. The maximum absolute atomic E-state index is 13.8. The molecule has 1 atom stereocenters. The number of anilines is 1. The van der Waals surface area contributed by atoms with Gasteiger partial charge in [0.25, 0.3) is 0 Å². The fourth-order valence-corrected chi connectivity index (χ4v) is 7.68. The molecule has 2 aliphatic rings. The molecule has 1 unspecified atom stereocenters. The molecule has 0 radical (unpaired) electrons. The predicted molar refractivity (Wildman–Crippen MR) is 143 cm³/mol. The van der Waals surface area contributed by atoms with Crippen LogP contribution in [0.5, 0.6) is 0 Å². The van der Waals surface area contributed by atoms with Crippen LogP contribution in [-0.4, -0.2) is 56.0 Å². The number of benzene rings is 2. The van der Waals surface area contributed by atoms with Gasteiger partial charge in [0.05, 0.1) is 27.8 Å². The Labute approximate surface area is 221 Å². The van der Waals surface area contributed by atoms with Crippen LogP contribution in [0.25, 0.3) is 10.2 Å². The lowest BCUT2D eigenvalue weighted by molar-refractivity contribution is -0.123. The molecule has 5 rings (SSSR count). The van der Waals surface area contributed by atoms with Gasteiger partial charge in [-0.05, 0) is 81.0 Å². The van der Waals surface area contributed by atoms with Gasteiger partial charge in [0, 0.05) is 30.6 Å². The van der Waals surface area contributed by atoms with E-state index in [9.17, 15) is 13.2 Å². The number of carbonyl (C=O) groups is 1. The van der Waals surface area contributed by atoms with Crippen molar-refractivity contribution in [2.24, 2.45) is 5.92 Å². The first-order valence-electron chi connectivity index (χ1n) is 12.3. The summed E-state index contributed by atoms with van der Waals surface area (Å²) in [5.41, 5.74) is 3.20. The van der Waals surface area contributed by atoms with Gasteiger partial charge < -0.3 is 4.74 Å². The Morgan fingerprint density at radius 1 is 1.17 bits per heavy atom.